The van der Waals surface area contributed by atoms with Crippen LogP contribution in [0.3, 0.4) is 0 Å². The predicted octanol–water partition coefficient (Wildman–Crippen LogP) is 1.59. The predicted molar refractivity (Wildman–Crippen MR) is 77.8 cm³/mol. The second-order valence-electron chi connectivity index (χ2n) is 5.52. The molecule has 2 rings (SSSR count). The zero-order valence-electron chi connectivity index (χ0n) is 12.4. The third-order valence-electron chi connectivity index (χ3n) is 4.29. The van der Waals surface area contributed by atoms with E-state index < -0.39 is 0 Å². The van der Waals surface area contributed by atoms with Crippen LogP contribution in [0.4, 0.5) is 11.5 Å². The number of piperidine rings is 1. The van der Waals surface area contributed by atoms with Gasteiger partial charge in [0.05, 0.1) is 4.92 Å². The average molecular weight is 281 g/mol. The van der Waals surface area contributed by atoms with Crippen LogP contribution in [0.5, 0.6) is 0 Å². The van der Waals surface area contributed by atoms with E-state index in [1.54, 1.807) is 18.7 Å². The number of nitro groups is 1. The Balaban J connectivity index is 2.38. The number of anilines is 1. The molecule has 7 nitrogen and oxygen atoms in total. The molecule has 2 N–H and O–H groups in total. The van der Waals surface area contributed by atoms with Gasteiger partial charge >= 0.3 is 5.69 Å². The topological polar surface area (TPSA) is 90.2 Å². The molecule has 1 aliphatic rings. The van der Waals surface area contributed by atoms with Gasteiger partial charge in [0, 0.05) is 26.2 Å². The van der Waals surface area contributed by atoms with Gasteiger partial charge in [-0.1, -0.05) is 13.3 Å². The van der Waals surface area contributed by atoms with Crippen LogP contribution in [0.15, 0.2) is 0 Å². The van der Waals surface area contributed by atoms with Gasteiger partial charge in [0.2, 0.25) is 5.82 Å². The summed E-state index contributed by atoms with van der Waals surface area (Å²) in [5.74, 6) is 1.26. The third kappa shape index (κ3) is 2.49. The Morgan fingerprint density at radius 1 is 1.55 bits per heavy atom. The lowest BCUT2D eigenvalue weighted by molar-refractivity contribution is -0.384. The minimum Gasteiger partial charge on any atom is -0.347 e. The summed E-state index contributed by atoms with van der Waals surface area (Å²) in [5.41, 5.74) is 6.46. The van der Waals surface area contributed by atoms with E-state index in [2.05, 4.69) is 16.9 Å². The van der Waals surface area contributed by atoms with Crippen LogP contribution in [0.25, 0.3) is 0 Å². The first-order valence-corrected chi connectivity index (χ1v) is 7.14. The smallest absolute Gasteiger partial charge is 0.333 e. The summed E-state index contributed by atoms with van der Waals surface area (Å²) in [5, 5.41) is 15.5. The molecule has 2 heterocycles. The molecule has 2 atom stereocenters. The molecule has 0 bridgehead atoms. The first-order chi connectivity index (χ1) is 9.49. The SMILES string of the molecule is CCC1CCN(c2c([N+](=O)[O-])c(C)nn2C)C(CN)C1. The fourth-order valence-corrected chi connectivity index (χ4v) is 3.18. The van der Waals surface area contributed by atoms with Crippen LogP contribution in [-0.2, 0) is 7.05 Å². The first kappa shape index (κ1) is 14.8. The molecule has 1 aromatic rings. The molecule has 1 aromatic heterocycles. The molecular formula is C13H23N5O2. The van der Waals surface area contributed by atoms with E-state index >= 15 is 0 Å². The van der Waals surface area contributed by atoms with Crippen molar-refractivity contribution in [2.24, 2.45) is 18.7 Å². The molecule has 1 aliphatic heterocycles. The molecule has 7 heteroatoms. The van der Waals surface area contributed by atoms with Gasteiger partial charge in [0.25, 0.3) is 0 Å². The van der Waals surface area contributed by atoms with Gasteiger partial charge in [-0.05, 0) is 25.7 Å². The van der Waals surface area contributed by atoms with E-state index in [4.69, 9.17) is 5.73 Å². The zero-order valence-corrected chi connectivity index (χ0v) is 12.4. The maximum atomic E-state index is 11.3. The third-order valence-corrected chi connectivity index (χ3v) is 4.29. The summed E-state index contributed by atoms with van der Waals surface area (Å²) >= 11 is 0. The Morgan fingerprint density at radius 3 is 2.80 bits per heavy atom. The van der Waals surface area contributed by atoms with Crippen LogP contribution >= 0.6 is 0 Å². The van der Waals surface area contributed by atoms with Gasteiger partial charge in [0.15, 0.2) is 0 Å². The average Bonchev–Trinajstić information content (AvgIpc) is 2.72. The number of nitrogens with two attached hydrogens (primary N) is 1. The Bertz CT molecular complexity index is 499. The quantitative estimate of drug-likeness (QED) is 0.668. The molecule has 112 valence electrons. The molecule has 0 aliphatic carbocycles. The molecule has 0 saturated carbocycles. The Kier molecular flexibility index (Phi) is 4.27. The van der Waals surface area contributed by atoms with Gasteiger partial charge in [-0.2, -0.15) is 5.10 Å². The van der Waals surface area contributed by atoms with Crippen molar-refractivity contribution in [3.63, 3.8) is 0 Å². The monoisotopic (exact) mass is 281 g/mol. The van der Waals surface area contributed by atoms with E-state index in [1.807, 2.05) is 0 Å². The summed E-state index contributed by atoms with van der Waals surface area (Å²) in [4.78, 5) is 13.0. The first-order valence-electron chi connectivity index (χ1n) is 7.14. The maximum absolute atomic E-state index is 11.3. The van der Waals surface area contributed by atoms with E-state index in [0.717, 1.165) is 25.8 Å². The number of aromatic nitrogens is 2. The number of rotatable bonds is 4. The highest BCUT2D eigenvalue weighted by molar-refractivity contribution is 5.62. The van der Waals surface area contributed by atoms with Crippen molar-refractivity contribution in [3.05, 3.63) is 15.8 Å². The van der Waals surface area contributed by atoms with Crippen molar-refractivity contribution >= 4 is 11.5 Å². The minimum absolute atomic E-state index is 0.112. The fraction of sp³-hybridized carbons (Fsp3) is 0.769. The molecular weight excluding hydrogens is 258 g/mol. The van der Waals surface area contributed by atoms with Crippen molar-refractivity contribution in [2.45, 2.75) is 39.2 Å². The van der Waals surface area contributed by atoms with Crippen molar-refractivity contribution in [1.82, 2.24) is 9.78 Å². The largest absolute Gasteiger partial charge is 0.347 e. The lowest BCUT2D eigenvalue weighted by atomic mass is 9.89. The molecule has 0 spiro atoms. The van der Waals surface area contributed by atoms with Gasteiger partial charge < -0.3 is 10.6 Å². The molecule has 0 radical (unpaired) electrons. The highest BCUT2D eigenvalue weighted by atomic mass is 16.6. The van der Waals surface area contributed by atoms with Crippen LogP contribution in [0.2, 0.25) is 0 Å². The Labute approximate surface area is 118 Å². The van der Waals surface area contributed by atoms with Crippen molar-refractivity contribution in [3.8, 4) is 0 Å². The number of nitrogens with zero attached hydrogens (tertiary/aromatic N) is 4. The highest BCUT2D eigenvalue weighted by Gasteiger charge is 2.35. The summed E-state index contributed by atoms with van der Waals surface area (Å²) < 4.78 is 1.61. The van der Waals surface area contributed by atoms with Crippen molar-refractivity contribution < 1.29 is 4.92 Å². The Hall–Kier alpha value is -1.63. The summed E-state index contributed by atoms with van der Waals surface area (Å²) in [6, 6.07) is 0.155. The zero-order chi connectivity index (χ0) is 14.9. The van der Waals surface area contributed by atoms with Gasteiger partial charge in [-0.25, -0.2) is 4.68 Å². The van der Waals surface area contributed by atoms with Crippen molar-refractivity contribution in [1.29, 1.82) is 0 Å². The van der Waals surface area contributed by atoms with Gasteiger partial charge in [-0.3, -0.25) is 10.1 Å². The van der Waals surface area contributed by atoms with Crippen molar-refractivity contribution in [2.75, 3.05) is 18.0 Å². The standard InChI is InChI=1S/C13H23N5O2/c1-4-10-5-6-17(11(7-10)8-14)13-12(18(19)20)9(2)15-16(13)3/h10-11H,4-8,14H2,1-3H3. The van der Waals surface area contributed by atoms with E-state index in [1.165, 1.54) is 0 Å². The summed E-state index contributed by atoms with van der Waals surface area (Å²) in [7, 11) is 1.76. The molecule has 2 unspecified atom stereocenters. The van der Waals surface area contributed by atoms with E-state index in [9.17, 15) is 10.1 Å². The van der Waals surface area contributed by atoms with Crippen LogP contribution in [0, 0.1) is 23.0 Å². The molecule has 1 fully saturated rings. The summed E-state index contributed by atoms with van der Waals surface area (Å²) in [6.45, 7) is 5.18. The highest BCUT2D eigenvalue weighted by Crippen LogP contribution is 2.36. The lowest BCUT2D eigenvalue weighted by Crippen LogP contribution is -2.47. The fourth-order valence-electron chi connectivity index (χ4n) is 3.18. The Morgan fingerprint density at radius 2 is 2.25 bits per heavy atom. The molecule has 1 saturated heterocycles. The van der Waals surface area contributed by atoms with Gasteiger partial charge in [0.1, 0.15) is 5.69 Å². The van der Waals surface area contributed by atoms with Crippen LogP contribution in [-0.4, -0.2) is 33.8 Å². The van der Waals surface area contributed by atoms with Gasteiger partial charge in [-0.15, -0.1) is 0 Å². The summed E-state index contributed by atoms with van der Waals surface area (Å²) in [6.07, 6.45) is 3.18. The molecule has 0 aromatic carbocycles. The van der Waals surface area contributed by atoms with Crippen LogP contribution < -0.4 is 10.6 Å². The number of hydrogen-bond acceptors (Lipinski definition) is 5. The molecule has 0 amide bonds. The van der Waals surface area contributed by atoms with Crippen LogP contribution in [0.1, 0.15) is 31.9 Å². The minimum atomic E-state index is -0.336. The lowest BCUT2D eigenvalue weighted by Gasteiger charge is -2.39. The van der Waals surface area contributed by atoms with E-state index in [-0.39, 0.29) is 16.7 Å². The maximum Gasteiger partial charge on any atom is 0.333 e. The molecule has 20 heavy (non-hydrogen) atoms. The number of aryl methyl sites for hydroxylation is 2. The second-order valence-corrected chi connectivity index (χ2v) is 5.52. The second kappa shape index (κ2) is 5.78. The normalized spacial score (nSPS) is 23.1. The van der Waals surface area contributed by atoms with E-state index in [0.29, 0.717) is 24.0 Å². The number of hydrogen-bond donors (Lipinski definition) is 1.